The number of nitrogens with zero attached hydrogens (tertiary/aromatic N) is 5. The highest BCUT2D eigenvalue weighted by Crippen LogP contribution is 2.45. The van der Waals surface area contributed by atoms with E-state index in [4.69, 9.17) is 14.0 Å². The molecule has 1 aliphatic heterocycles. The van der Waals surface area contributed by atoms with Gasteiger partial charge < -0.3 is 14.0 Å². The molecule has 3 aromatic rings. The van der Waals surface area contributed by atoms with Gasteiger partial charge in [0.25, 0.3) is 0 Å². The lowest BCUT2D eigenvalue weighted by Gasteiger charge is -2.39. The monoisotopic (exact) mass is 609 g/mol. The molecular formula is C29H38F3N5O4S. The number of rotatable bonds is 9. The summed E-state index contributed by atoms with van der Waals surface area (Å²) in [5.74, 6) is 0.207. The number of aromatic nitrogens is 4. The Morgan fingerprint density at radius 3 is 2.48 bits per heavy atom. The van der Waals surface area contributed by atoms with Crippen molar-refractivity contribution in [2.75, 3.05) is 6.61 Å². The third-order valence-electron chi connectivity index (χ3n) is 6.98. The van der Waals surface area contributed by atoms with E-state index in [0.29, 0.717) is 17.3 Å². The number of halogens is 3. The lowest BCUT2D eigenvalue weighted by Crippen LogP contribution is -2.54. The van der Waals surface area contributed by atoms with Gasteiger partial charge in [0.05, 0.1) is 12.2 Å². The number of ether oxygens (including phenoxy) is 2. The Balaban J connectivity index is 1.62. The zero-order chi connectivity index (χ0) is 30.9. The normalized spacial score (nSPS) is 19.0. The molecule has 230 valence electrons. The summed E-state index contributed by atoms with van der Waals surface area (Å²) in [4.78, 5) is 18.9. The predicted molar refractivity (Wildman–Crippen MR) is 152 cm³/mol. The molecule has 0 aliphatic carbocycles. The number of carbonyl (C=O) groups is 1. The Bertz CT molecular complexity index is 1400. The minimum Gasteiger partial charge on any atom is -0.444 e. The largest absolute Gasteiger partial charge is 0.444 e. The summed E-state index contributed by atoms with van der Waals surface area (Å²) < 4.78 is 59.5. The molecule has 0 spiro atoms. The molecule has 13 heteroatoms. The van der Waals surface area contributed by atoms with E-state index in [2.05, 4.69) is 27.3 Å². The molecule has 1 saturated heterocycles. The molecule has 1 atom stereocenters. The van der Waals surface area contributed by atoms with E-state index >= 15 is 0 Å². The standard InChI is InChI=1S/C29H38F3N5O4S/c1-8-9-10-11-12-13-21-33-22(36-41-21)19-15-14-18(16-20(19)29(30,31)32)23-34-35-24(42-23)28(7)17-39-27(5,6)37(28)25(38)40-26(2,3)4/h14-16H,8-13,17H2,1-7H3/t28-/m1/s1. The van der Waals surface area contributed by atoms with Gasteiger partial charge >= 0.3 is 12.3 Å². The van der Waals surface area contributed by atoms with Crippen LogP contribution in [0, 0.1) is 0 Å². The van der Waals surface area contributed by atoms with E-state index in [1.807, 2.05) is 0 Å². The molecule has 1 aliphatic rings. The van der Waals surface area contributed by atoms with Crippen molar-refractivity contribution in [3.8, 4) is 22.0 Å². The summed E-state index contributed by atoms with van der Waals surface area (Å²) >= 11 is 1.09. The van der Waals surface area contributed by atoms with Gasteiger partial charge in [-0.15, -0.1) is 10.2 Å². The van der Waals surface area contributed by atoms with Gasteiger partial charge in [0.2, 0.25) is 11.7 Å². The minimum absolute atomic E-state index is 0.110. The van der Waals surface area contributed by atoms with Crippen LogP contribution in [0.4, 0.5) is 18.0 Å². The van der Waals surface area contributed by atoms with E-state index in [1.165, 1.54) is 17.0 Å². The Morgan fingerprint density at radius 2 is 1.81 bits per heavy atom. The van der Waals surface area contributed by atoms with Crippen LogP contribution in [-0.2, 0) is 27.6 Å². The Labute approximate surface area is 247 Å². The van der Waals surface area contributed by atoms with Gasteiger partial charge in [0.15, 0.2) is 0 Å². The fourth-order valence-electron chi connectivity index (χ4n) is 4.94. The highest BCUT2D eigenvalue weighted by Gasteiger charge is 2.55. The van der Waals surface area contributed by atoms with E-state index < -0.39 is 34.7 Å². The highest BCUT2D eigenvalue weighted by atomic mass is 32.1. The second-order valence-electron chi connectivity index (χ2n) is 12.2. The van der Waals surface area contributed by atoms with Gasteiger partial charge in [-0.2, -0.15) is 18.2 Å². The van der Waals surface area contributed by atoms with E-state index in [1.54, 1.807) is 41.5 Å². The maximum absolute atomic E-state index is 14.2. The van der Waals surface area contributed by atoms with Crippen molar-refractivity contribution in [1.29, 1.82) is 0 Å². The van der Waals surface area contributed by atoms with Crippen LogP contribution in [-0.4, -0.2) is 49.3 Å². The van der Waals surface area contributed by atoms with Crippen LogP contribution in [0.3, 0.4) is 0 Å². The highest BCUT2D eigenvalue weighted by molar-refractivity contribution is 7.14. The molecular weight excluding hydrogens is 571 g/mol. The number of hydrogen-bond donors (Lipinski definition) is 0. The molecule has 1 fully saturated rings. The van der Waals surface area contributed by atoms with Crippen molar-refractivity contribution in [1.82, 2.24) is 25.2 Å². The van der Waals surface area contributed by atoms with Gasteiger partial charge in [-0.25, -0.2) is 4.79 Å². The molecule has 0 N–H and O–H groups in total. The van der Waals surface area contributed by atoms with Crippen LogP contribution in [0.25, 0.3) is 22.0 Å². The summed E-state index contributed by atoms with van der Waals surface area (Å²) in [6.07, 6.45) is 0.428. The average molecular weight is 610 g/mol. The number of amides is 1. The van der Waals surface area contributed by atoms with Crippen LogP contribution >= 0.6 is 11.3 Å². The SMILES string of the molecule is CCCCCCCc1nc(-c2ccc(-c3nnc([C@@]4(C)COC(C)(C)N4C(=O)OC(C)(C)C)s3)cc2C(F)(F)F)no1. The lowest BCUT2D eigenvalue weighted by molar-refractivity contribution is -0.137. The quantitative estimate of drug-likeness (QED) is 0.225. The first-order valence-electron chi connectivity index (χ1n) is 14.1. The number of alkyl halides is 3. The van der Waals surface area contributed by atoms with Crippen molar-refractivity contribution < 1.29 is 32.0 Å². The van der Waals surface area contributed by atoms with Crippen molar-refractivity contribution in [2.24, 2.45) is 0 Å². The summed E-state index contributed by atoms with van der Waals surface area (Å²) in [5.41, 5.74) is -3.66. The molecule has 0 radical (unpaired) electrons. The molecule has 4 rings (SSSR count). The second-order valence-corrected chi connectivity index (χ2v) is 13.1. The first-order chi connectivity index (χ1) is 19.5. The molecule has 0 saturated carbocycles. The van der Waals surface area contributed by atoms with Crippen LogP contribution in [0.5, 0.6) is 0 Å². The van der Waals surface area contributed by atoms with Crippen LogP contribution < -0.4 is 0 Å². The molecule has 42 heavy (non-hydrogen) atoms. The smallest absolute Gasteiger partial charge is 0.417 e. The maximum atomic E-state index is 14.2. The van der Waals surface area contributed by atoms with Gasteiger partial charge in [-0.1, -0.05) is 55.2 Å². The maximum Gasteiger partial charge on any atom is 0.417 e. The van der Waals surface area contributed by atoms with Crippen molar-refractivity contribution in [3.05, 3.63) is 34.7 Å². The third-order valence-corrected chi connectivity index (χ3v) is 8.20. The zero-order valence-electron chi connectivity index (χ0n) is 25.1. The fourth-order valence-corrected chi connectivity index (χ4v) is 5.90. The Morgan fingerprint density at radius 1 is 1.10 bits per heavy atom. The molecule has 1 aromatic carbocycles. The van der Waals surface area contributed by atoms with E-state index in [-0.39, 0.29) is 28.6 Å². The van der Waals surface area contributed by atoms with Crippen molar-refractivity contribution in [3.63, 3.8) is 0 Å². The molecule has 0 bridgehead atoms. The number of aryl methyl sites for hydroxylation is 1. The van der Waals surface area contributed by atoms with Gasteiger partial charge in [0.1, 0.15) is 26.9 Å². The summed E-state index contributed by atoms with van der Waals surface area (Å²) in [5, 5.41) is 13.0. The number of unbranched alkanes of at least 4 members (excludes halogenated alkanes) is 4. The number of benzene rings is 1. The van der Waals surface area contributed by atoms with Crippen molar-refractivity contribution in [2.45, 2.75) is 110 Å². The topological polar surface area (TPSA) is 103 Å². The van der Waals surface area contributed by atoms with Crippen LogP contribution in [0.15, 0.2) is 22.7 Å². The zero-order valence-corrected chi connectivity index (χ0v) is 25.9. The summed E-state index contributed by atoms with van der Waals surface area (Å²) in [6, 6.07) is 3.87. The molecule has 2 aromatic heterocycles. The van der Waals surface area contributed by atoms with Gasteiger partial charge in [0, 0.05) is 17.5 Å². The average Bonchev–Trinajstić information content (AvgIpc) is 3.61. The second kappa shape index (κ2) is 11.9. The minimum atomic E-state index is -4.68. The van der Waals surface area contributed by atoms with E-state index in [9.17, 15) is 18.0 Å². The first-order valence-corrected chi connectivity index (χ1v) is 14.9. The van der Waals surface area contributed by atoms with Crippen LogP contribution in [0.1, 0.15) is 97.0 Å². The van der Waals surface area contributed by atoms with Crippen molar-refractivity contribution >= 4 is 17.4 Å². The molecule has 1 amide bonds. The predicted octanol–water partition coefficient (Wildman–Crippen LogP) is 8.01. The molecule has 3 heterocycles. The first kappa shape index (κ1) is 31.9. The van der Waals surface area contributed by atoms with E-state index in [0.717, 1.165) is 49.5 Å². The Hall–Kier alpha value is -3.06. The summed E-state index contributed by atoms with van der Waals surface area (Å²) in [6.45, 7) is 12.8. The Kier molecular flexibility index (Phi) is 9.03. The lowest BCUT2D eigenvalue weighted by atomic mass is 10.0. The number of carbonyl (C=O) groups excluding carboxylic acids is 1. The molecule has 9 nitrogen and oxygen atoms in total. The number of hydrogen-bond acceptors (Lipinski definition) is 9. The summed E-state index contributed by atoms with van der Waals surface area (Å²) in [7, 11) is 0. The van der Waals surface area contributed by atoms with Crippen LogP contribution in [0.2, 0.25) is 0 Å². The van der Waals surface area contributed by atoms with Gasteiger partial charge in [-0.3, -0.25) is 4.90 Å². The molecule has 0 unspecified atom stereocenters. The van der Waals surface area contributed by atoms with Gasteiger partial charge in [-0.05, 0) is 60.1 Å². The fraction of sp³-hybridized carbons (Fsp3) is 0.621. The third kappa shape index (κ3) is 6.94.